The summed E-state index contributed by atoms with van der Waals surface area (Å²) < 4.78 is 47.8. The summed E-state index contributed by atoms with van der Waals surface area (Å²) in [6.07, 6.45) is 2.19. The number of rotatable bonds is 10. The van der Waals surface area contributed by atoms with Crippen molar-refractivity contribution in [1.82, 2.24) is 10.4 Å². The Morgan fingerprint density at radius 2 is 1.83 bits per heavy atom. The molecule has 1 aliphatic heterocycles. The molecule has 1 atom stereocenters. The summed E-state index contributed by atoms with van der Waals surface area (Å²) in [7, 11) is 0. The molecule has 1 heterocycles. The first kappa shape index (κ1) is 22.4. The number of unbranched alkanes of at least 4 members (excludes halogenated alkanes) is 5. The second-order valence-corrected chi connectivity index (χ2v) is 7.78. The molecule has 164 valence electrons. The zero-order valence-corrected chi connectivity index (χ0v) is 17.3. The van der Waals surface area contributed by atoms with Gasteiger partial charge in [0.1, 0.15) is 11.8 Å². The zero-order valence-electron chi connectivity index (χ0n) is 17.3. The summed E-state index contributed by atoms with van der Waals surface area (Å²) in [5.41, 5.74) is 2.41. The summed E-state index contributed by atoms with van der Waals surface area (Å²) in [4.78, 5) is 11.5. The molecule has 1 N–H and O–H groups in total. The molecule has 30 heavy (non-hydrogen) atoms. The van der Waals surface area contributed by atoms with Gasteiger partial charge in [-0.15, -0.1) is 0 Å². The first-order chi connectivity index (χ1) is 14.4. The van der Waals surface area contributed by atoms with Gasteiger partial charge < -0.3 is 4.74 Å². The second-order valence-electron chi connectivity index (χ2n) is 7.78. The molecule has 4 nitrogen and oxygen atoms in total. The van der Waals surface area contributed by atoms with Crippen LogP contribution >= 0.6 is 0 Å². The number of carbonyl (C=O) groups is 1. The van der Waals surface area contributed by atoms with Crippen molar-refractivity contribution in [2.24, 2.45) is 0 Å². The monoisotopic (exact) mass is 422 g/mol. The molecular formula is C23H29F3N2O2. The predicted octanol–water partition coefficient (Wildman–Crippen LogP) is 5.92. The van der Waals surface area contributed by atoms with Crippen LogP contribution in [0.25, 0.3) is 10.8 Å². The third-order valence-corrected chi connectivity index (χ3v) is 5.39. The van der Waals surface area contributed by atoms with Crippen LogP contribution in [0.1, 0.15) is 63.5 Å². The zero-order chi connectivity index (χ0) is 21.6. The van der Waals surface area contributed by atoms with Crippen LogP contribution in [0.4, 0.5) is 13.2 Å². The van der Waals surface area contributed by atoms with Gasteiger partial charge in [-0.1, -0.05) is 63.3 Å². The lowest BCUT2D eigenvalue weighted by atomic mass is 10.00. The summed E-state index contributed by atoms with van der Waals surface area (Å²) >= 11 is 0. The first-order valence-electron chi connectivity index (χ1n) is 10.7. The molecule has 0 saturated carbocycles. The van der Waals surface area contributed by atoms with E-state index in [0.29, 0.717) is 17.7 Å². The maximum Gasteiger partial charge on any atom is 0.409 e. The molecule has 1 amide bonds. The maximum atomic E-state index is 13.9. The van der Waals surface area contributed by atoms with Gasteiger partial charge in [0, 0.05) is 18.4 Å². The van der Waals surface area contributed by atoms with Crippen LogP contribution in [-0.2, 0) is 4.79 Å². The number of fused-ring (bicyclic) bond motifs is 1. The van der Waals surface area contributed by atoms with Gasteiger partial charge in [0.05, 0.1) is 6.61 Å². The largest absolute Gasteiger partial charge is 0.493 e. The topological polar surface area (TPSA) is 41.6 Å². The van der Waals surface area contributed by atoms with E-state index in [2.05, 4.69) is 12.3 Å². The number of nitrogens with zero attached hydrogens (tertiary/aromatic N) is 1. The quantitative estimate of drug-likeness (QED) is 0.483. The molecule has 1 unspecified atom stereocenters. The minimum Gasteiger partial charge on any atom is -0.493 e. The normalized spacial score (nSPS) is 16.1. The number of hydrogen-bond donors (Lipinski definition) is 1. The summed E-state index contributed by atoms with van der Waals surface area (Å²) in [5, 5.41) is 2.45. The van der Waals surface area contributed by atoms with E-state index in [1.54, 1.807) is 12.1 Å². The van der Waals surface area contributed by atoms with Crippen LogP contribution in [0.2, 0.25) is 0 Å². The average molecular weight is 422 g/mol. The van der Waals surface area contributed by atoms with E-state index in [1.807, 2.05) is 12.1 Å². The third-order valence-electron chi connectivity index (χ3n) is 5.39. The fourth-order valence-electron chi connectivity index (χ4n) is 3.87. The highest BCUT2D eigenvalue weighted by Gasteiger charge is 2.47. The van der Waals surface area contributed by atoms with Crippen molar-refractivity contribution in [1.29, 1.82) is 0 Å². The minimum absolute atomic E-state index is 0.0176. The Kier molecular flexibility index (Phi) is 7.58. The standard InChI is InChI=1S/C23H29F3N2O2/c1-2-3-4-5-6-9-14-30-20-16-18(15-17-10-7-8-11-19(17)20)22(23(24,25)26)28-13-12-21(29)27-28/h7-8,10-11,15-16,22H,2-6,9,12-14H2,1H3,(H,27,29). The maximum absolute atomic E-state index is 13.9. The highest BCUT2D eigenvalue weighted by atomic mass is 19.4. The van der Waals surface area contributed by atoms with Crippen LogP contribution < -0.4 is 10.2 Å². The highest BCUT2D eigenvalue weighted by molar-refractivity contribution is 5.89. The molecule has 0 spiro atoms. The van der Waals surface area contributed by atoms with E-state index >= 15 is 0 Å². The number of alkyl halides is 3. The number of carbonyl (C=O) groups excluding carboxylic acids is 1. The number of amides is 1. The Balaban J connectivity index is 1.81. The van der Waals surface area contributed by atoms with Crippen LogP contribution in [-0.4, -0.2) is 30.2 Å². The van der Waals surface area contributed by atoms with Crippen molar-refractivity contribution in [3.05, 3.63) is 42.0 Å². The van der Waals surface area contributed by atoms with Gasteiger partial charge in [0.2, 0.25) is 5.91 Å². The van der Waals surface area contributed by atoms with Crippen molar-refractivity contribution >= 4 is 16.7 Å². The number of ether oxygens (including phenoxy) is 1. The first-order valence-corrected chi connectivity index (χ1v) is 10.7. The molecule has 1 aliphatic rings. The van der Waals surface area contributed by atoms with E-state index in [0.717, 1.165) is 29.7 Å². The van der Waals surface area contributed by atoms with Gasteiger partial charge in [0.25, 0.3) is 0 Å². The molecule has 7 heteroatoms. The molecule has 0 bridgehead atoms. The van der Waals surface area contributed by atoms with E-state index in [1.165, 1.54) is 31.4 Å². The number of hydrogen-bond acceptors (Lipinski definition) is 3. The third kappa shape index (κ3) is 5.65. The van der Waals surface area contributed by atoms with Crippen LogP contribution in [0.5, 0.6) is 5.75 Å². The lowest BCUT2D eigenvalue weighted by Crippen LogP contribution is -2.43. The lowest BCUT2D eigenvalue weighted by molar-refractivity contribution is -0.191. The highest BCUT2D eigenvalue weighted by Crippen LogP contribution is 2.41. The van der Waals surface area contributed by atoms with Crippen molar-refractivity contribution < 1.29 is 22.7 Å². The van der Waals surface area contributed by atoms with Crippen LogP contribution in [0.3, 0.4) is 0 Å². The Morgan fingerprint density at radius 3 is 2.53 bits per heavy atom. The van der Waals surface area contributed by atoms with Gasteiger partial charge >= 0.3 is 6.18 Å². The molecule has 3 rings (SSSR count). The van der Waals surface area contributed by atoms with E-state index in [9.17, 15) is 18.0 Å². The number of benzene rings is 2. The fourth-order valence-corrected chi connectivity index (χ4v) is 3.87. The Bertz CT molecular complexity index is 854. The number of halogens is 3. The van der Waals surface area contributed by atoms with Crippen molar-refractivity contribution in [2.75, 3.05) is 13.2 Å². The molecule has 0 radical (unpaired) electrons. The molecule has 2 aromatic rings. The van der Waals surface area contributed by atoms with Gasteiger partial charge in [-0.25, -0.2) is 5.01 Å². The van der Waals surface area contributed by atoms with Gasteiger partial charge in [-0.2, -0.15) is 13.2 Å². The van der Waals surface area contributed by atoms with Crippen LogP contribution in [0, 0.1) is 0 Å². The minimum atomic E-state index is -4.53. The summed E-state index contributed by atoms with van der Waals surface area (Å²) in [6, 6.07) is 8.38. The summed E-state index contributed by atoms with van der Waals surface area (Å²) in [6.45, 7) is 2.66. The lowest BCUT2D eigenvalue weighted by Gasteiger charge is -2.29. The molecule has 0 aromatic heterocycles. The smallest absolute Gasteiger partial charge is 0.409 e. The van der Waals surface area contributed by atoms with Gasteiger partial charge in [0.15, 0.2) is 0 Å². The van der Waals surface area contributed by atoms with E-state index < -0.39 is 18.1 Å². The fraction of sp³-hybridized carbons (Fsp3) is 0.522. The summed E-state index contributed by atoms with van der Waals surface area (Å²) in [5.74, 6) is 0.0565. The van der Waals surface area contributed by atoms with Gasteiger partial charge in [-0.3, -0.25) is 10.2 Å². The Labute approximate surface area is 175 Å². The van der Waals surface area contributed by atoms with Gasteiger partial charge in [-0.05, 0) is 29.5 Å². The van der Waals surface area contributed by atoms with Crippen molar-refractivity contribution in [3.8, 4) is 5.75 Å². The predicted molar refractivity (Wildman–Crippen MR) is 111 cm³/mol. The second kappa shape index (κ2) is 10.2. The van der Waals surface area contributed by atoms with Crippen LogP contribution in [0.15, 0.2) is 36.4 Å². The van der Waals surface area contributed by atoms with E-state index in [4.69, 9.17) is 4.74 Å². The Morgan fingerprint density at radius 1 is 1.10 bits per heavy atom. The molecule has 1 saturated heterocycles. The SMILES string of the molecule is CCCCCCCCOc1cc(C(N2CCC(=O)N2)C(F)(F)F)cc2ccccc12. The molecule has 2 aromatic carbocycles. The van der Waals surface area contributed by atoms with E-state index in [-0.39, 0.29) is 18.5 Å². The average Bonchev–Trinajstić information content (AvgIpc) is 3.11. The molecular weight excluding hydrogens is 393 g/mol. The number of nitrogens with one attached hydrogen (secondary N) is 1. The van der Waals surface area contributed by atoms with Crippen molar-refractivity contribution in [2.45, 2.75) is 64.1 Å². The Hall–Kier alpha value is -2.28. The van der Waals surface area contributed by atoms with Crippen molar-refractivity contribution in [3.63, 3.8) is 0 Å². The molecule has 0 aliphatic carbocycles. The molecule has 1 fully saturated rings. The number of hydrazine groups is 1.